The second-order valence-corrected chi connectivity index (χ2v) is 4.92. The molecule has 1 aliphatic rings. The van der Waals surface area contributed by atoms with Crippen LogP contribution in [0.4, 0.5) is 5.69 Å². The van der Waals surface area contributed by atoms with Crippen LogP contribution in [0.25, 0.3) is 0 Å². The van der Waals surface area contributed by atoms with Crippen molar-refractivity contribution >= 4 is 11.6 Å². The molecule has 0 aliphatic carbocycles. The highest BCUT2D eigenvalue weighted by Crippen LogP contribution is 2.22. The van der Waals surface area contributed by atoms with Crippen LogP contribution in [0.2, 0.25) is 0 Å². The van der Waals surface area contributed by atoms with E-state index in [4.69, 9.17) is 15.2 Å². The van der Waals surface area contributed by atoms with Crippen molar-refractivity contribution < 1.29 is 14.3 Å². The molecule has 0 radical (unpaired) electrons. The Morgan fingerprint density at radius 3 is 2.58 bits per heavy atom. The molecule has 0 saturated carbocycles. The lowest BCUT2D eigenvalue weighted by molar-refractivity contribution is -0.0585. The number of hydrogen-bond acceptors (Lipinski definition) is 4. The van der Waals surface area contributed by atoms with E-state index in [1.165, 1.54) is 0 Å². The van der Waals surface area contributed by atoms with Crippen LogP contribution >= 0.6 is 0 Å². The number of nitrogen functional groups attached to an aromatic ring is 1. The van der Waals surface area contributed by atoms with Crippen LogP contribution in [0.15, 0.2) is 18.2 Å². The van der Waals surface area contributed by atoms with Gasteiger partial charge in [0.1, 0.15) is 5.75 Å². The minimum atomic E-state index is -0.0709. The molecule has 1 fully saturated rings. The Hall–Kier alpha value is -1.75. The highest BCUT2D eigenvalue weighted by atomic mass is 16.5. The Balaban J connectivity index is 2.23. The summed E-state index contributed by atoms with van der Waals surface area (Å²) < 4.78 is 10.8. The molecule has 1 saturated heterocycles. The number of nitrogens with two attached hydrogens (primary N) is 1. The summed E-state index contributed by atoms with van der Waals surface area (Å²) in [6.45, 7) is 5.09. The van der Waals surface area contributed by atoms with Gasteiger partial charge in [-0.05, 0) is 32.0 Å². The van der Waals surface area contributed by atoms with Gasteiger partial charge in [-0.3, -0.25) is 4.79 Å². The fourth-order valence-electron chi connectivity index (χ4n) is 2.36. The molecule has 2 unspecified atom stereocenters. The number of methoxy groups -OCH3 is 1. The van der Waals surface area contributed by atoms with E-state index in [0.717, 1.165) is 0 Å². The first-order valence-electron chi connectivity index (χ1n) is 6.39. The van der Waals surface area contributed by atoms with E-state index in [1.807, 2.05) is 13.8 Å². The van der Waals surface area contributed by atoms with Crippen LogP contribution in [0.5, 0.6) is 5.75 Å². The summed E-state index contributed by atoms with van der Waals surface area (Å²) in [5.74, 6) is 0.560. The molecule has 2 atom stereocenters. The predicted molar refractivity (Wildman–Crippen MR) is 73.3 cm³/mol. The monoisotopic (exact) mass is 264 g/mol. The number of anilines is 1. The van der Waals surface area contributed by atoms with Crippen LogP contribution in [-0.4, -0.2) is 43.2 Å². The fraction of sp³-hybridized carbons (Fsp3) is 0.500. The minimum Gasteiger partial charge on any atom is -0.497 e. The molecule has 1 aliphatic heterocycles. The van der Waals surface area contributed by atoms with Crippen molar-refractivity contribution in [2.45, 2.75) is 26.1 Å². The third kappa shape index (κ3) is 2.98. The summed E-state index contributed by atoms with van der Waals surface area (Å²) in [5, 5.41) is 0. The first kappa shape index (κ1) is 13.7. The van der Waals surface area contributed by atoms with Crippen molar-refractivity contribution in [3.05, 3.63) is 23.8 Å². The van der Waals surface area contributed by atoms with Crippen molar-refractivity contribution in [1.29, 1.82) is 0 Å². The number of benzene rings is 1. The zero-order valence-corrected chi connectivity index (χ0v) is 11.6. The lowest BCUT2D eigenvalue weighted by Crippen LogP contribution is -2.48. The average Bonchev–Trinajstić information content (AvgIpc) is 2.37. The molecule has 5 heteroatoms. The minimum absolute atomic E-state index is 0.0412. The summed E-state index contributed by atoms with van der Waals surface area (Å²) >= 11 is 0. The van der Waals surface area contributed by atoms with Gasteiger partial charge in [0.05, 0.1) is 24.9 Å². The topological polar surface area (TPSA) is 64.8 Å². The molecule has 0 spiro atoms. The number of carbonyl (C=O) groups is 1. The Morgan fingerprint density at radius 1 is 1.37 bits per heavy atom. The SMILES string of the molecule is COc1ccc(N)c(C(=O)N2CC(C)OC(C)C2)c1. The van der Waals surface area contributed by atoms with Gasteiger partial charge in [0.2, 0.25) is 0 Å². The molecule has 2 N–H and O–H groups in total. The van der Waals surface area contributed by atoms with Gasteiger partial charge in [0.15, 0.2) is 0 Å². The van der Waals surface area contributed by atoms with Gasteiger partial charge in [0, 0.05) is 18.8 Å². The first-order valence-corrected chi connectivity index (χ1v) is 6.39. The van der Waals surface area contributed by atoms with Gasteiger partial charge < -0.3 is 20.1 Å². The maximum atomic E-state index is 12.5. The largest absolute Gasteiger partial charge is 0.497 e. The highest BCUT2D eigenvalue weighted by Gasteiger charge is 2.27. The van der Waals surface area contributed by atoms with Crippen LogP contribution in [0, 0.1) is 0 Å². The van der Waals surface area contributed by atoms with Crippen molar-refractivity contribution in [3.8, 4) is 5.75 Å². The average molecular weight is 264 g/mol. The van der Waals surface area contributed by atoms with Gasteiger partial charge >= 0.3 is 0 Å². The predicted octanol–water partition coefficient (Wildman–Crippen LogP) is 1.53. The molecule has 2 rings (SSSR count). The molecule has 1 heterocycles. The first-order chi connectivity index (χ1) is 9.01. The van der Waals surface area contributed by atoms with Gasteiger partial charge in [-0.25, -0.2) is 0 Å². The van der Waals surface area contributed by atoms with Crippen molar-refractivity contribution in [2.75, 3.05) is 25.9 Å². The quantitative estimate of drug-likeness (QED) is 0.823. The van der Waals surface area contributed by atoms with Crippen LogP contribution in [-0.2, 0) is 4.74 Å². The number of rotatable bonds is 2. The van der Waals surface area contributed by atoms with Gasteiger partial charge in [-0.1, -0.05) is 0 Å². The van der Waals surface area contributed by atoms with Crippen molar-refractivity contribution in [2.24, 2.45) is 0 Å². The van der Waals surface area contributed by atoms with E-state index in [0.29, 0.717) is 30.1 Å². The Labute approximate surface area is 113 Å². The standard InChI is InChI=1S/C14H20N2O3/c1-9-7-16(8-10(2)19-9)14(17)12-6-11(18-3)4-5-13(12)15/h4-6,9-10H,7-8,15H2,1-3H3. The maximum Gasteiger partial charge on any atom is 0.256 e. The Kier molecular flexibility index (Phi) is 3.95. The molecule has 0 aromatic heterocycles. The summed E-state index contributed by atoms with van der Waals surface area (Å²) in [7, 11) is 1.57. The molecule has 1 aromatic carbocycles. The molecular weight excluding hydrogens is 244 g/mol. The summed E-state index contributed by atoms with van der Waals surface area (Å²) in [6.07, 6.45) is 0.0825. The van der Waals surface area contributed by atoms with Crippen molar-refractivity contribution in [1.82, 2.24) is 4.90 Å². The molecular formula is C14H20N2O3. The second-order valence-electron chi connectivity index (χ2n) is 4.92. The molecule has 104 valence electrons. The maximum absolute atomic E-state index is 12.5. The fourth-order valence-corrected chi connectivity index (χ4v) is 2.36. The van der Waals surface area contributed by atoms with E-state index in [9.17, 15) is 4.79 Å². The van der Waals surface area contributed by atoms with E-state index < -0.39 is 0 Å². The molecule has 19 heavy (non-hydrogen) atoms. The van der Waals surface area contributed by atoms with E-state index in [2.05, 4.69) is 0 Å². The smallest absolute Gasteiger partial charge is 0.256 e. The van der Waals surface area contributed by atoms with Crippen LogP contribution in [0.3, 0.4) is 0 Å². The normalized spacial score (nSPS) is 23.2. The molecule has 1 aromatic rings. The lowest BCUT2D eigenvalue weighted by Gasteiger charge is -2.35. The lowest BCUT2D eigenvalue weighted by atomic mass is 10.1. The Morgan fingerprint density at radius 2 is 2.00 bits per heavy atom. The molecule has 1 amide bonds. The number of nitrogens with zero attached hydrogens (tertiary/aromatic N) is 1. The number of carbonyl (C=O) groups excluding carboxylic acids is 1. The van der Waals surface area contributed by atoms with Gasteiger partial charge in [0.25, 0.3) is 5.91 Å². The Bertz CT molecular complexity index is 466. The van der Waals surface area contributed by atoms with Gasteiger partial charge in [-0.2, -0.15) is 0 Å². The highest BCUT2D eigenvalue weighted by molar-refractivity contribution is 5.99. The van der Waals surface area contributed by atoms with Gasteiger partial charge in [-0.15, -0.1) is 0 Å². The van der Waals surface area contributed by atoms with Crippen LogP contribution < -0.4 is 10.5 Å². The number of ether oxygens (including phenoxy) is 2. The zero-order chi connectivity index (χ0) is 14.0. The van der Waals surface area contributed by atoms with E-state index in [1.54, 1.807) is 30.2 Å². The molecule has 5 nitrogen and oxygen atoms in total. The zero-order valence-electron chi connectivity index (χ0n) is 11.6. The van der Waals surface area contributed by atoms with E-state index in [-0.39, 0.29) is 18.1 Å². The summed E-state index contributed by atoms with van der Waals surface area (Å²) in [6, 6.07) is 5.12. The summed E-state index contributed by atoms with van der Waals surface area (Å²) in [5.41, 5.74) is 6.84. The number of morpholine rings is 1. The summed E-state index contributed by atoms with van der Waals surface area (Å²) in [4.78, 5) is 14.3. The number of amides is 1. The third-order valence-electron chi connectivity index (χ3n) is 3.20. The third-order valence-corrected chi connectivity index (χ3v) is 3.20. The van der Waals surface area contributed by atoms with Crippen molar-refractivity contribution in [3.63, 3.8) is 0 Å². The molecule has 0 bridgehead atoms. The van der Waals surface area contributed by atoms with Crippen LogP contribution in [0.1, 0.15) is 24.2 Å². The second kappa shape index (κ2) is 5.48. The van der Waals surface area contributed by atoms with E-state index >= 15 is 0 Å². The number of hydrogen-bond donors (Lipinski definition) is 1.